The standard InChI is InChI=1S/C13H14N2O3S/c1-9-11(19-8-15-9)4-6-18-12-7-10(3-5-14-12)13(16)17-2/h3,5,7-8H,4,6H2,1-2H3. The van der Waals surface area contributed by atoms with Gasteiger partial charge in [-0.15, -0.1) is 11.3 Å². The van der Waals surface area contributed by atoms with E-state index >= 15 is 0 Å². The van der Waals surface area contributed by atoms with Crippen LogP contribution in [0.5, 0.6) is 5.88 Å². The van der Waals surface area contributed by atoms with Gasteiger partial charge < -0.3 is 9.47 Å². The Labute approximate surface area is 115 Å². The van der Waals surface area contributed by atoms with Crippen LogP contribution in [0.2, 0.25) is 0 Å². The summed E-state index contributed by atoms with van der Waals surface area (Å²) >= 11 is 1.61. The summed E-state index contributed by atoms with van der Waals surface area (Å²) in [4.78, 5) is 20.8. The highest BCUT2D eigenvalue weighted by molar-refractivity contribution is 7.09. The van der Waals surface area contributed by atoms with Crippen molar-refractivity contribution in [1.82, 2.24) is 9.97 Å². The third-order valence-electron chi connectivity index (χ3n) is 2.58. The molecule has 100 valence electrons. The molecule has 0 unspecified atom stereocenters. The van der Waals surface area contributed by atoms with Crippen molar-refractivity contribution in [3.63, 3.8) is 0 Å². The van der Waals surface area contributed by atoms with Crippen LogP contribution in [0.25, 0.3) is 0 Å². The SMILES string of the molecule is COC(=O)c1ccnc(OCCc2scnc2C)c1. The number of methoxy groups -OCH3 is 1. The van der Waals surface area contributed by atoms with Gasteiger partial charge in [-0.2, -0.15) is 0 Å². The summed E-state index contributed by atoms with van der Waals surface area (Å²) in [5, 5.41) is 0. The summed E-state index contributed by atoms with van der Waals surface area (Å²) in [6, 6.07) is 3.16. The zero-order valence-corrected chi connectivity index (χ0v) is 11.6. The molecule has 0 aromatic carbocycles. The first-order chi connectivity index (χ1) is 9.20. The van der Waals surface area contributed by atoms with E-state index in [0.717, 1.165) is 12.1 Å². The molecule has 2 aromatic heterocycles. The summed E-state index contributed by atoms with van der Waals surface area (Å²) in [5.41, 5.74) is 3.28. The van der Waals surface area contributed by atoms with E-state index in [2.05, 4.69) is 14.7 Å². The molecule has 0 N–H and O–H groups in total. The van der Waals surface area contributed by atoms with Crippen molar-refractivity contribution in [2.24, 2.45) is 0 Å². The second-order valence-electron chi connectivity index (χ2n) is 3.83. The van der Waals surface area contributed by atoms with Gasteiger partial charge in [0.2, 0.25) is 5.88 Å². The van der Waals surface area contributed by atoms with Gasteiger partial charge in [0.05, 0.1) is 30.5 Å². The minimum atomic E-state index is -0.398. The fourth-order valence-corrected chi connectivity index (χ4v) is 2.31. The molecule has 0 fully saturated rings. The minimum Gasteiger partial charge on any atom is -0.477 e. The Morgan fingerprint density at radius 3 is 2.95 bits per heavy atom. The summed E-state index contributed by atoms with van der Waals surface area (Å²) in [7, 11) is 1.34. The van der Waals surface area contributed by atoms with Crippen LogP contribution in [0.3, 0.4) is 0 Å². The zero-order chi connectivity index (χ0) is 13.7. The average Bonchev–Trinajstić information content (AvgIpc) is 2.84. The number of thiazole rings is 1. The summed E-state index contributed by atoms with van der Waals surface area (Å²) < 4.78 is 10.2. The number of hydrogen-bond donors (Lipinski definition) is 0. The van der Waals surface area contributed by atoms with Crippen LogP contribution in [0.4, 0.5) is 0 Å². The number of ether oxygens (including phenoxy) is 2. The molecule has 0 aliphatic heterocycles. The third kappa shape index (κ3) is 3.51. The van der Waals surface area contributed by atoms with Gasteiger partial charge in [-0.3, -0.25) is 0 Å². The maximum Gasteiger partial charge on any atom is 0.338 e. The van der Waals surface area contributed by atoms with Crippen molar-refractivity contribution >= 4 is 17.3 Å². The van der Waals surface area contributed by atoms with E-state index in [1.807, 2.05) is 12.4 Å². The predicted octanol–water partition coefficient (Wildman–Crippen LogP) is 2.25. The smallest absolute Gasteiger partial charge is 0.338 e. The first-order valence-electron chi connectivity index (χ1n) is 5.77. The molecular formula is C13H14N2O3S. The van der Waals surface area contributed by atoms with Crippen molar-refractivity contribution in [3.05, 3.63) is 40.0 Å². The monoisotopic (exact) mass is 278 g/mol. The Morgan fingerprint density at radius 1 is 1.42 bits per heavy atom. The lowest BCUT2D eigenvalue weighted by Gasteiger charge is -2.05. The Bertz CT molecular complexity index is 569. The van der Waals surface area contributed by atoms with Crippen LogP contribution in [0.15, 0.2) is 23.8 Å². The molecule has 2 aromatic rings. The number of hydrogen-bond acceptors (Lipinski definition) is 6. The van der Waals surface area contributed by atoms with E-state index in [-0.39, 0.29) is 0 Å². The van der Waals surface area contributed by atoms with E-state index in [4.69, 9.17) is 4.74 Å². The molecule has 0 amide bonds. The largest absolute Gasteiger partial charge is 0.477 e. The van der Waals surface area contributed by atoms with Crippen LogP contribution < -0.4 is 4.74 Å². The predicted molar refractivity (Wildman–Crippen MR) is 71.6 cm³/mol. The first-order valence-corrected chi connectivity index (χ1v) is 6.65. The number of nitrogens with zero attached hydrogens (tertiary/aromatic N) is 2. The van der Waals surface area contributed by atoms with Gasteiger partial charge in [0.15, 0.2) is 0 Å². The van der Waals surface area contributed by atoms with Crippen molar-refractivity contribution < 1.29 is 14.3 Å². The van der Waals surface area contributed by atoms with E-state index < -0.39 is 5.97 Å². The number of pyridine rings is 1. The quantitative estimate of drug-likeness (QED) is 0.785. The topological polar surface area (TPSA) is 61.3 Å². The Balaban J connectivity index is 1.93. The van der Waals surface area contributed by atoms with E-state index in [0.29, 0.717) is 18.1 Å². The second kappa shape index (κ2) is 6.29. The number of carbonyl (C=O) groups is 1. The maximum atomic E-state index is 11.4. The van der Waals surface area contributed by atoms with Crippen molar-refractivity contribution in [3.8, 4) is 5.88 Å². The summed E-state index contributed by atoms with van der Waals surface area (Å²) in [6.07, 6.45) is 2.31. The maximum absolute atomic E-state index is 11.4. The van der Waals surface area contributed by atoms with Crippen molar-refractivity contribution in [2.75, 3.05) is 13.7 Å². The molecule has 0 aliphatic rings. The molecule has 0 spiro atoms. The molecule has 0 radical (unpaired) electrons. The van der Waals surface area contributed by atoms with Gasteiger partial charge in [-0.25, -0.2) is 14.8 Å². The van der Waals surface area contributed by atoms with Gasteiger partial charge in [0, 0.05) is 23.6 Å². The first kappa shape index (κ1) is 13.5. The zero-order valence-electron chi connectivity index (χ0n) is 10.8. The van der Waals surface area contributed by atoms with E-state index in [1.54, 1.807) is 23.5 Å². The van der Waals surface area contributed by atoms with Crippen LogP contribution in [0.1, 0.15) is 20.9 Å². The Hall–Kier alpha value is -1.95. The number of rotatable bonds is 5. The molecule has 0 bridgehead atoms. The Morgan fingerprint density at radius 2 is 2.26 bits per heavy atom. The molecule has 19 heavy (non-hydrogen) atoms. The molecule has 5 nitrogen and oxygen atoms in total. The fraction of sp³-hybridized carbons (Fsp3) is 0.308. The van der Waals surface area contributed by atoms with E-state index in [1.165, 1.54) is 18.2 Å². The lowest BCUT2D eigenvalue weighted by atomic mass is 10.3. The normalized spacial score (nSPS) is 10.2. The molecule has 0 saturated carbocycles. The average molecular weight is 278 g/mol. The number of esters is 1. The highest BCUT2D eigenvalue weighted by Crippen LogP contribution is 2.14. The molecule has 0 saturated heterocycles. The number of aryl methyl sites for hydroxylation is 1. The fourth-order valence-electron chi connectivity index (χ4n) is 1.55. The van der Waals surface area contributed by atoms with Gasteiger partial charge in [0.1, 0.15) is 0 Å². The van der Waals surface area contributed by atoms with Crippen molar-refractivity contribution in [2.45, 2.75) is 13.3 Å². The summed E-state index contributed by atoms with van der Waals surface area (Å²) in [6.45, 7) is 2.47. The van der Waals surface area contributed by atoms with Gasteiger partial charge in [-0.1, -0.05) is 0 Å². The molecular weight excluding hydrogens is 264 g/mol. The molecule has 0 aliphatic carbocycles. The molecule has 2 heterocycles. The minimum absolute atomic E-state index is 0.398. The van der Waals surface area contributed by atoms with E-state index in [9.17, 15) is 4.79 Å². The molecule has 6 heteroatoms. The number of carbonyl (C=O) groups excluding carboxylic acids is 1. The van der Waals surface area contributed by atoms with Gasteiger partial charge in [-0.05, 0) is 13.0 Å². The van der Waals surface area contributed by atoms with Crippen LogP contribution in [0, 0.1) is 6.92 Å². The highest BCUT2D eigenvalue weighted by atomic mass is 32.1. The lowest BCUT2D eigenvalue weighted by Crippen LogP contribution is -2.05. The van der Waals surface area contributed by atoms with Gasteiger partial charge >= 0.3 is 5.97 Å². The van der Waals surface area contributed by atoms with Crippen LogP contribution >= 0.6 is 11.3 Å². The lowest BCUT2D eigenvalue weighted by molar-refractivity contribution is 0.0600. The Kier molecular flexibility index (Phi) is 4.46. The molecule has 2 rings (SSSR count). The second-order valence-corrected chi connectivity index (χ2v) is 4.77. The summed E-state index contributed by atoms with van der Waals surface area (Å²) in [5.74, 6) is 0.0237. The third-order valence-corrected chi connectivity index (χ3v) is 3.57. The van der Waals surface area contributed by atoms with Crippen molar-refractivity contribution in [1.29, 1.82) is 0 Å². The van der Waals surface area contributed by atoms with Crippen LogP contribution in [-0.2, 0) is 11.2 Å². The van der Waals surface area contributed by atoms with Gasteiger partial charge in [0.25, 0.3) is 0 Å². The highest BCUT2D eigenvalue weighted by Gasteiger charge is 2.07. The molecule has 0 atom stereocenters. The number of aromatic nitrogens is 2. The van der Waals surface area contributed by atoms with Crippen LogP contribution in [-0.4, -0.2) is 29.7 Å².